The van der Waals surface area contributed by atoms with Crippen molar-refractivity contribution >= 4 is 0 Å². The molecule has 0 saturated carbocycles. The van der Waals surface area contributed by atoms with E-state index in [0.29, 0.717) is 18.6 Å². The van der Waals surface area contributed by atoms with E-state index < -0.39 is 0 Å². The molecule has 0 amide bonds. The molecule has 0 aliphatic rings. The zero-order chi connectivity index (χ0) is 9.68. The quantitative estimate of drug-likeness (QED) is 0.713. The molecule has 0 unspecified atom stereocenters. The molecular formula is C11H12O2. The fourth-order valence-electron chi connectivity index (χ4n) is 1.09. The molecular weight excluding hydrogens is 164 g/mol. The van der Waals surface area contributed by atoms with Crippen LogP contribution in [0.5, 0.6) is 11.5 Å². The highest BCUT2D eigenvalue weighted by Gasteiger charge is 2.01. The highest BCUT2D eigenvalue weighted by molar-refractivity contribution is 5.39. The van der Waals surface area contributed by atoms with Crippen LogP contribution in [0.1, 0.15) is 12.0 Å². The fraction of sp³-hybridized carbons (Fsp3) is 0.273. The molecule has 0 aliphatic heterocycles. The van der Waals surface area contributed by atoms with Crippen LogP contribution in [0.15, 0.2) is 18.2 Å². The standard InChI is InChI=1S/C11H12O2/c1-3-4-5-9-6-7-10(13-2)8-11(9)12/h1,6-8,12H,4-5H2,2H3. The van der Waals surface area contributed by atoms with Gasteiger partial charge in [-0.15, -0.1) is 12.3 Å². The van der Waals surface area contributed by atoms with Gasteiger partial charge >= 0.3 is 0 Å². The van der Waals surface area contributed by atoms with E-state index in [1.54, 1.807) is 13.2 Å². The Morgan fingerprint density at radius 3 is 2.85 bits per heavy atom. The second-order valence-corrected chi connectivity index (χ2v) is 2.70. The number of methoxy groups -OCH3 is 1. The van der Waals surface area contributed by atoms with Crippen LogP contribution >= 0.6 is 0 Å². The normalized spacial score (nSPS) is 9.23. The van der Waals surface area contributed by atoms with Gasteiger partial charge in [-0.25, -0.2) is 0 Å². The lowest BCUT2D eigenvalue weighted by Gasteiger charge is -2.04. The molecule has 1 aromatic carbocycles. The number of benzene rings is 1. The Morgan fingerprint density at radius 1 is 1.54 bits per heavy atom. The molecule has 0 saturated heterocycles. The van der Waals surface area contributed by atoms with Crippen molar-refractivity contribution in [3.63, 3.8) is 0 Å². The van der Waals surface area contributed by atoms with Crippen molar-refractivity contribution in [2.24, 2.45) is 0 Å². The van der Waals surface area contributed by atoms with Crippen molar-refractivity contribution in [3.05, 3.63) is 23.8 Å². The van der Waals surface area contributed by atoms with Gasteiger partial charge < -0.3 is 9.84 Å². The number of phenolic OH excluding ortho intramolecular Hbond substituents is 1. The summed E-state index contributed by atoms with van der Waals surface area (Å²) in [5.41, 5.74) is 0.860. The van der Waals surface area contributed by atoms with Gasteiger partial charge in [0.25, 0.3) is 0 Å². The first-order valence-corrected chi connectivity index (χ1v) is 4.07. The lowest BCUT2D eigenvalue weighted by atomic mass is 10.1. The van der Waals surface area contributed by atoms with E-state index in [9.17, 15) is 5.11 Å². The van der Waals surface area contributed by atoms with Crippen LogP contribution in [0.4, 0.5) is 0 Å². The van der Waals surface area contributed by atoms with Gasteiger partial charge in [0.1, 0.15) is 11.5 Å². The number of phenols is 1. The lowest BCUT2D eigenvalue weighted by molar-refractivity contribution is 0.406. The predicted octanol–water partition coefficient (Wildman–Crippen LogP) is 1.97. The number of hydrogen-bond acceptors (Lipinski definition) is 2. The fourth-order valence-corrected chi connectivity index (χ4v) is 1.09. The minimum Gasteiger partial charge on any atom is -0.508 e. The van der Waals surface area contributed by atoms with Crippen molar-refractivity contribution in [1.29, 1.82) is 0 Å². The smallest absolute Gasteiger partial charge is 0.122 e. The van der Waals surface area contributed by atoms with Crippen LogP contribution in [-0.2, 0) is 6.42 Å². The van der Waals surface area contributed by atoms with Crippen molar-refractivity contribution in [2.45, 2.75) is 12.8 Å². The second kappa shape index (κ2) is 4.42. The average molecular weight is 176 g/mol. The first kappa shape index (κ1) is 9.47. The molecule has 0 atom stereocenters. The lowest BCUT2D eigenvalue weighted by Crippen LogP contribution is -1.87. The third-order valence-corrected chi connectivity index (χ3v) is 1.83. The van der Waals surface area contributed by atoms with Gasteiger partial charge in [0, 0.05) is 12.5 Å². The van der Waals surface area contributed by atoms with Crippen LogP contribution < -0.4 is 4.74 Å². The summed E-state index contributed by atoms with van der Waals surface area (Å²) >= 11 is 0. The monoisotopic (exact) mass is 176 g/mol. The summed E-state index contributed by atoms with van der Waals surface area (Å²) in [5.74, 6) is 3.43. The van der Waals surface area contributed by atoms with Crippen molar-refractivity contribution in [3.8, 4) is 23.8 Å². The Morgan fingerprint density at radius 2 is 2.31 bits per heavy atom. The number of rotatable bonds is 3. The molecule has 0 heterocycles. The number of terminal acetylenes is 1. The van der Waals surface area contributed by atoms with E-state index in [2.05, 4.69) is 5.92 Å². The van der Waals surface area contributed by atoms with Crippen LogP contribution in [0.3, 0.4) is 0 Å². The predicted molar refractivity (Wildman–Crippen MR) is 51.8 cm³/mol. The Hall–Kier alpha value is -1.62. The molecule has 0 spiro atoms. The molecule has 1 N–H and O–H groups in total. The largest absolute Gasteiger partial charge is 0.508 e. The highest BCUT2D eigenvalue weighted by Crippen LogP contribution is 2.24. The van der Waals surface area contributed by atoms with Crippen molar-refractivity contribution in [2.75, 3.05) is 7.11 Å². The van der Waals surface area contributed by atoms with Gasteiger partial charge in [-0.1, -0.05) is 6.07 Å². The average Bonchev–Trinajstić information content (AvgIpc) is 2.16. The van der Waals surface area contributed by atoms with Gasteiger partial charge in [-0.05, 0) is 18.1 Å². The Labute approximate surface area is 78.2 Å². The number of ether oxygens (including phenoxy) is 1. The molecule has 0 radical (unpaired) electrons. The number of aromatic hydroxyl groups is 1. The minimum atomic E-state index is 0.245. The summed E-state index contributed by atoms with van der Waals surface area (Å²) in [6.45, 7) is 0. The highest BCUT2D eigenvalue weighted by atomic mass is 16.5. The van der Waals surface area contributed by atoms with Gasteiger partial charge in [0.2, 0.25) is 0 Å². The van der Waals surface area contributed by atoms with Gasteiger partial charge in [-0.2, -0.15) is 0 Å². The molecule has 0 aliphatic carbocycles. The minimum absolute atomic E-state index is 0.245. The van der Waals surface area contributed by atoms with E-state index in [4.69, 9.17) is 11.2 Å². The molecule has 13 heavy (non-hydrogen) atoms. The zero-order valence-electron chi connectivity index (χ0n) is 7.58. The molecule has 1 aromatic rings. The van der Waals surface area contributed by atoms with Crippen molar-refractivity contribution in [1.82, 2.24) is 0 Å². The molecule has 0 bridgehead atoms. The van der Waals surface area contributed by atoms with Crippen LogP contribution in [0.25, 0.3) is 0 Å². The maximum Gasteiger partial charge on any atom is 0.122 e. The third-order valence-electron chi connectivity index (χ3n) is 1.83. The number of aryl methyl sites for hydroxylation is 1. The maximum atomic E-state index is 9.50. The third kappa shape index (κ3) is 2.41. The van der Waals surface area contributed by atoms with E-state index in [1.807, 2.05) is 12.1 Å². The Balaban J connectivity index is 2.80. The maximum absolute atomic E-state index is 9.50. The van der Waals surface area contributed by atoms with E-state index in [-0.39, 0.29) is 5.75 Å². The summed E-state index contributed by atoms with van der Waals surface area (Å²) in [4.78, 5) is 0. The van der Waals surface area contributed by atoms with Crippen molar-refractivity contribution < 1.29 is 9.84 Å². The molecule has 0 aromatic heterocycles. The van der Waals surface area contributed by atoms with Gasteiger partial charge in [-0.3, -0.25) is 0 Å². The molecule has 1 rings (SSSR count). The van der Waals surface area contributed by atoms with Crippen LogP contribution in [0.2, 0.25) is 0 Å². The SMILES string of the molecule is C#CCCc1ccc(OC)cc1O. The summed E-state index contributed by atoms with van der Waals surface area (Å²) in [7, 11) is 1.57. The molecule has 68 valence electrons. The Bertz CT molecular complexity index is 323. The Kier molecular flexibility index (Phi) is 3.22. The van der Waals surface area contributed by atoms with Crippen LogP contribution in [0, 0.1) is 12.3 Å². The first-order valence-electron chi connectivity index (χ1n) is 4.07. The van der Waals surface area contributed by atoms with Gasteiger partial charge in [0.05, 0.1) is 7.11 Å². The topological polar surface area (TPSA) is 29.5 Å². The van der Waals surface area contributed by atoms with E-state index in [0.717, 1.165) is 5.56 Å². The van der Waals surface area contributed by atoms with E-state index in [1.165, 1.54) is 0 Å². The number of hydrogen-bond donors (Lipinski definition) is 1. The molecule has 2 heteroatoms. The zero-order valence-corrected chi connectivity index (χ0v) is 7.58. The molecule has 2 nitrogen and oxygen atoms in total. The molecule has 0 fully saturated rings. The summed E-state index contributed by atoms with van der Waals surface area (Å²) in [6.07, 6.45) is 6.47. The summed E-state index contributed by atoms with van der Waals surface area (Å²) in [5, 5.41) is 9.50. The van der Waals surface area contributed by atoms with Crippen LogP contribution in [-0.4, -0.2) is 12.2 Å². The van der Waals surface area contributed by atoms with Gasteiger partial charge in [0.15, 0.2) is 0 Å². The summed E-state index contributed by atoms with van der Waals surface area (Å²) < 4.78 is 4.95. The first-order chi connectivity index (χ1) is 6.27. The summed E-state index contributed by atoms with van der Waals surface area (Å²) in [6, 6.07) is 5.23. The van der Waals surface area contributed by atoms with E-state index >= 15 is 0 Å². The second-order valence-electron chi connectivity index (χ2n) is 2.70.